The largest absolute Gasteiger partial charge is 0.495 e. The molecule has 1 N–H and O–H groups in total. The zero-order chi connectivity index (χ0) is 20.7. The van der Waals surface area contributed by atoms with Crippen molar-refractivity contribution in [2.24, 2.45) is 0 Å². The SMILES string of the molecule is COc1ccc(Cl)cc1NC(=O)C(C)OC(=O)COc1ccc(C(C)=O)cc1. The Balaban J connectivity index is 1.86. The maximum atomic E-state index is 12.2. The molecule has 0 aliphatic rings. The molecule has 0 aromatic heterocycles. The maximum Gasteiger partial charge on any atom is 0.344 e. The van der Waals surface area contributed by atoms with Crippen molar-refractivity contribution in [2.45, 2.75) is 20.0 Å². The highest BCUT2D eigenvalue weighted by Crippen LogP contribution is 2.27. The molecule has 148 valence electrons. The molecule has 0 spiro atoms. The molecule has 2 aromatic rings. The second-order valence-electron chi connectivity index (χ2n) is 5.84. The lowest BCUT2D eigenvalue weighted by molar-refractivity contribution is -0.155. The van der Waals surface area contributed by atoms with Crippen LogP contribution in [-0.2, 0) is 14.3 Å². The number of hydrogen-bond donors (Lipinski definition) is 1. The Kier molecular flexibility index (Phi) is 7.40. The maximum absolute atomic E-state index is 12.2. The lowest BCUT2D eigenvalue weighted by Gasteiger charge is -2.15. The minimum absolute atomic E-state index is 0.0675. The zero-order valence-electron chi connectivity index (χ0n) is 15.7. The number of carbonyl (C=O) groups is 3. The second-order valence-corrected chi connectivity index (χ2v) is 6.27. The number of ether oxygens (including phenoxy) is 3. The van der Waals surface area contributed by atoms with Crippen LogP contribution in [0.4, 0.5) is 5.69 Å². The Morgan fingerprint density at radius 2 is 1.79 bits per heavy atom. The first-order valence-corrected chi connectivity index (χ1v) is 8.75. The van der Waals surface area contributed by atoms with Crippen molar-refractivity contribution >= 4 is 34.9 Å². The van der Waals surface area contributed by atoms with Gasteiger partial charge in [0, 0.05) is 10.6 Å². The smallest absolute Gasteiger partial charge is 0.344 e. The zero-order valence-corrected chi connectivity index (χ0v) is 16.4. The molecule has 2 aromatic carbocycles. The Hall–Kier alpha value is -3.06. The number of nitrogens with one attached hydrogen (secondary N) is 1. The normalized spacial score (nSPS) is 11.3. The van der Waals surface area contributed by atoms with Gasteiger partial charge in [-0.15, -0.1) is 0 Å². The van der Waals surface area contributed by atoms with Crippen molar-refractivity contribution < 1.29 is 28.6 Å². The summed E-state index contributed by atoms with van der Waals surface area (Å²) in [5.41, 5.74) is 0.904. The third kappa shape index (κ3) is 5.99. The van der Waals surface area contributed by atoms with E-state index in [9.17, 15) is 14.4 Å². The van der Waals surface area contributed by atoms with Crippen molar-refractivity contribution in [1.82, 2.24) is 0 Å². The molecule has 0 bridgehead atoms. The van der Waals surface area contributed by atoms with Crippen LogP contribution >= 0.6 is 11.6 Å². The van der Waals surface area contributed by atoms with Crippen LogP contribution in [0.2, 0.25) is 5.02 Å². The standard InChI is InChI=1S/C20H20ClNO6/c1-12(23)14-4-7-16(8-5-14)27-11-19(24)28-13(2)20(25)22-17-10-15(21)6-9-18(17)26-3/h4-10,13H,11H2,1-3H3,(H,22,25). The minimum Gasteiger partial charge on any atom is -0.495 e. The summed E-state index contributed by atoms with van der Waals surface area (Å²) in [5, 5.41) is 3.02. The fourth-order valence-electron chi connectivity index (χ4n) is 2.23. The van der Waals surface area contributed by atoms with E-state index < -0.39 is 18.0 Å². The van der Waals surface area contributed by atoms with Gasteiger partial charge >= 0.3 is 5.97 Å². The second kappa shape index (κ2) is 9.75. The third-order valence-corrected chi connectivity index (χ3v) is 3.95. The summed E-state index contributed by atoms with van der Waals surface area (Å²) in [6.45, 7) is 2.52. The highest BCUT2D eigenvalue weighted by atomic mass is 35.5. The van der Waals surface area contributed by atoms with Crippen molar-refractivity contribution in [2.75, 3.05) is 19.0 Å². The van der Waals surface area contributed by atoms with Crippen molar-refractivity contribution in [3.63, 3.8) is 0 Å². The number of benzene rings is 2. The van der Waals surface area contributed by atoms with Gasteiger partial charge in [-0.3, -0.25) is 9.59 Å². The molecule has 0 heterocycles. The van der Waals surface area contributed by atoms with Gasteiger partial charge < -0.3 is 19.5 Å². The van der Waals surface area contributed by atoms with Gasteiger partial charge in [0.2, 0.25) is 0 Å². The number of amides is 1. The van der Waals surface area contributed by atoms with Crippen molar-refractivity contribution in [3.8, 4) is 11.5 Å². The molecule has 0 saturated carbocycles. The van der Waals surface area contributed by atoms with E-state index >= 15 is 0 Å². The number of Topliss-reactive ketones (excluding diaryl/α,β-unsaturated/α-hetero) is 1. The van der Waals surface area contributed by atoms with Crippen molar-refractivity contribution in [1.29, 1.82) is 0 Å². The van der Waals surface area contributed by atoms with Gasteiger partial charge in [0.05, 0.1) is 12.8 Å². The number of methoxy groups -OCH3 is 1. The van der Waals surface area contributed by atoms with Crippen LogP contribution in [0.25, 0.3) is 0 Å². The molecule has 0 fully saturated rings. The first-order chi connectivity index (χ1) is 13.3. The van der Waals surface area contributed by atoms with E-state index in [-0.39, 0.29) is 12.4 Å². The molecule has 8 heteroatoms. The Morgan fingerprint density at radius 1 is 1.11 bits per heavy atom. The number of hydrogen-bond acceptors (Lipinski definition) is 6. The van der Waals surface area contributed by atoms with Gasteiger partial charge in [0.15, 0.2) is 18.5 Å². The van der Waals surface area contributed by atoms with Gasteiger partial charge in [0.25, 0.3) is 5.91 Å². The molecule has 1 unspecified atom stereocenters. The van der Waals surface area contributed by atoms with Crippen LogP contribution in [0.3, 0.4) is 0 Å². The highest BCUT2D eigenvalue weighted by Gasteiger charge is 2.20. The fraction of sp³-hybridized carbons (Fsp3) is 0.250. The monoisotopic (exact) mass is 405 g/mol. The van der Waals surface area contributed by atoms with Gasteiger partial charge in [0.1, 0.15) is 11.5 Å². The summed E-state index contributed by atoms with van der Waals surface area (Å²) in [5.74, 6) is -0.491. The topological polar surface area (TPSA) is 90.9 Å². The Bertz CT molecular complexity index is 865. The number of anilines is 1. The highest BCUT2D eigenvalue weighted by molar-refractivity contribution is 6.31. The van der Waals surface area contributed by atoms with Crippen LogP contribution in [0, 0.1) is 0 Å². The predicted octanol–water partition coefficient (Wildman–Crippen LogP) is 3.50. The quantitative estimate of drug-likeness (QED) is 0.534. The summed E-state index contributed by atoms with van der Waals surface area (Å²) in [6.07, 6.45) is -1.06. The molecular formula is C20H20ClNO6. The molecule has 28 heavy (non-hydrogen) atoms. The predicted molar refractivity (Wildman–Crippen MR) is 104 cm³/mol. The minimum atomic E-state index is -1.06. The lowest BCUT2D eigenvalue weighted by Crippen LogP contribution is -2.31. The lowest BCUT2D eigenvalue weighted by atomic mass is 10.1. The molecule has 0 aliphatic heterocycles. The van der Waals surface area contributed by atoms with Crippen LogP contribution in [0.5, 0.6) is 11.5 Å². The van der Waals surface area contributed by atoms with Crippen molar-refractivity contribution in [3.05, 3.63) is 53.1 Å². The molecule has 0 saturated heterocycles. The van der Waals surface area contributed by atoms with E-state index in [1.54, 1.807) is 36.4 Å². The Morgan fingerprint density at radius 3 is 2.39 bits per heavy atom. The van der Waals surface area contributed by atoms with Crippen LogP contribution in [0.1, 0.15) is 24.2 Å². The summed E-state index contributed by atoms with van der Waals surface area (Å²) in [4.78, 5) is 35.4. The first-order valence-electron chi connectivity index (χ1n) is 8.38. The van der Waals surface area contributed by atoms with E-state index in [2.05, 4.69) is 5.32 Å². The van der Waals surface area contributed by atoms with Gasteiger partial charge in [-0.2, -0.15) is 0 Å². The van der Waals surface area contributed by atoms with Gasteiger partial charge in [-0.05, 0) is 56.3 Å². The number of ketones is 1. The summed E-state index contributed by atoms with van der Waals surface area (Å²) >= 11 is 5.92. The van der Waals surface area contributed by atoms with E-state index in [4.69, 9.17) is 25.8 Å². The molecule has 7 nitrogen and oxygen atoms in total. The number of rotatable bonds is 8. The Labute approximate surface area is 167 Å². The third-order valence-electron chi connectivity index (χ3n) is 3.71. The first kappa shape index (κ1) is 21.2. The van der Waals surface area contributed by atoms with E-state index in [1.165, 1.54) is 27.0 Å². The molecule has 0 radical (unpaired) electrons. The summed E-state index contributed by atoms with van der Waals surface area (Å²) in [6, 6.07) is 11.1. The van der Waals surface area contributed by atoms with E-state index in [0.29, 0.717) is 27.8 Å². The fourth-order valence-corrected chi connectivity index (χ4v) is 2.40. The molecule has 1 amide bonds. The van der Waals surface area contributed by atoms with Crippen LogP contribution < -0.4 is 14.8 Å². The van der Waals surface area contributed by atoms with E-state index in [0.717, 1.165) is 0 Å². The molecule has 1 atom stereocenters. The molecule has 0 aliphatic carbocycles. The van der Waals surface area contributed by atoms with E-state index in [1.807, 2.05) is 0 Å². The van der Waals surface area contributed by atoms with Gasteiger partial charge in [-0.1, -0.05) is 11.6 Å². The average Bonchev–Trinajstić information content (AvgIpc) is 2.66. The summed E-state index contributed by atoms with van der Waals surface area (Å²) < 4.78 is 15.5. The number of halogens is 1. The average molecular weight is 406 g/mol. The van der Waals surface area contributed by atoms with Gasteiger partial charge in [-0.25, -0.2) is 4.79 Å². The molecular weight excluding hydrogens is 386 g/mol. The van der Waals surface area contributed by atoms with Crippen LogP contribution in [0.15, 0.2) is 42.5 Å². The number of carbonyl (C=O) groups excluding carboxylic acids is 3. The summed E-state index contributed by atoms with van der Waals surface area (Å²) in [7, 11) is 1.46. The number of esters is 1. The van der Waals surface area contributed by atoms with Crippen LogP contribution in [-0.4, -0.2) is 37.5 Å². The molecule has 2 rings (SSSR count).